The molecule has 3 atom stereocenters. The van der Waals surface area contributed by atoms with Crippen molar-refractivity contribution in [3.05, 3.63) is 35.6 Å². The van der Waals surface area contributed by atoms with Crippen molar-refractivity contribution in [2.45, 2.75) is 63.3 Å². The first-order valence-corrected chi connectivity index (χ1v) is 12.8. The molecule has 1 aromatic carbocycles. The number of nitrogens with one attached hydrogen (secondary N) is 2. The molecule has 0 radical (unpaired) electrons. The molecule has 1 saturated heterocycles. The molecule has 5 nitrogen and oxygen atoms in total. The number of halogens is 1. The van der Waals surface area contributed by atoms with Crippen LogP contribution in [0, 0.1) is 11.7 Å². The fourth-order valence-electron chi connectivity index (χ4n) is 4.60. The Kier molecular flexibility index (Phi) is 9.12. The molecule has 0 bridgehead atoms. The van der Waals surface area contributed by atoms with Crippen LogP contribution in [0.4, 0.5) is 4.39 Å². The number of guanidine groups is 1. The third-order valence-corrected chi connectivity index (χ3v) is 8.20. The van der Waals surface area contributed by atoms with E-state index in [1.165, 1.54) is 0 Å². The number of hydrogen-bond acceptors (Lipinski definition) is 3. The van der Waals surface area contributed by atoms with E-state index in [4.69, 9.17) is 0 Å². The van der Waals surface area contributed by atoms with Gasteiger partial charge in [-0.25, -0.2) is 4.39 Å². The molecule has 30 heavy (non-hydrogen) atoms. The highest BCUT2D eigenvalue weighted by Gasteiger charge is 2.26. The summed E-state index contributed by atoms with van der Waals surface area (Å²) in [5.41, 5.74) is 0.786. The molecule has 0 spiro atoms. The summed E-state index contributed by atoms with van der Waals surface area (Å²) in [6, 6.07) is 7.42. The van der Waals surface area contributed by atoms with Crippen molar-refractivity contribution < 1.29 is 8.60 Å². The second kappa shape index (κ2) is 11.8. The smallest absolute Gasteiger partial charge is 0.191 e. The van der Waals surface area contributed by atoms with Gasteiger partial charge in [0, 0.05) is 53.5 Å². The molecular weight excluding hydrogens is 399 g/mol. The molecular formula is C23H37FN4OS. The van der Waals surface area contributed by atoms with E-state index in [1.807, 2.05) is 26.1 Å². The minimum atomic E-state index is -0.707. The van der Waals surface area contributed by atoms with Crippen LogP contribution in [0.1, 0.15) is 51.0 Å². The molecule has 2 aliphatic rings. The number of likely N-dealkylation sites (tertiary alicyclic amines) is 1. The average Bonchev–Trinajstić information content (AvgIpc) is 2.78. The lowest BCUT2D eigenvalue weighted by Crippen LogP contribution is -2.48. The first-order valence-electron chi connectivity index (χ1n) is 11.4. The van der Waals surface area contributed by atoms with Gasteiger partial charge in [0.1, 0.15) is 5.82 Å². The van der Waals surface area contributed by atoms with Gasteiger partial charge in [-0.15, -0.1) is 0 Å². The van der Waals surface area contributed by atoms with Crippen LogP contribution in [0.3, 0.4) is 0 Å². The first-order chi connectivity index (χ1) is 14.6. The molecule has 1 heterocycles. The first kappa shape index (κ1) is 23.2. The number of hydrogen-bond donors (Lipinski definition) is 2. The van der Waals surface area contributed by atoms with Crippen molar-refractivity contribution >= 4 is 16.8 Å². The SMILES string of the molecule is CCS(=O)C1CCCC(NC(=NC)NCC2CCN(Cc3ccccc3F)CC2)C1. The molecule has 0 amide bonds. The molecule has 1 aliphatic carbocycles. The predicted molar refractivity (Wildman–Crippen MR) is 124 cm³/mol. The van der Waals surface area contributed by atoms with Gasteiger partial charge in [-0.2, -0.15) is 0 Å². The van der Waals surface area contributed by atoms with Crippen LogP contribution in [0.25, 0.3) is 0 Å². The van der Waals surface area contributed by atoms with Crippen molar-refractivity contribution in [2.75, 3.05) is 32.4 Å². The molecule has 2 N–H and O–H groups in total. The number of nitrogens with zero attached hydrogens (tertiary/aromatic N) is 2. The van der Waals surface area contributed by atoms with Gasteiger partial charge in [0.25, 0.3) is 0 Å². The van der Waals surface area contributed by atoms with E-state index in [0.29, 0.717) is 23.8 Å². The van der Waals surface area contributed by atoms with Gasteiger partial charge in [-0.1, -0.05) is 31.5 Å². The third-order valence-electron chi connectivity index (χ3n) is 6.46. The monoisotopic (exact) mass is 436 g/mol. The Labute approximate surface area is 183 Å². The van der Waals surface area contributed by atoms with Gasteiger partial charge >= 0.3 is 0 Å². The van der Waals surface area contributed by atoms with E-state index in [0.717, 1.165) is 75.4 Å². The van der Waals surface area contributed by atoms with Crippen LogP contribution >= 0.6 is 0 Å². The molecule has 1 aromatic rings. The van der Waals surface area contributed by atoms with E-state index < -0.39 is 10.8 Å². The van der Waals surface area contributed by atoms with E-state index in [1.54, 1.807) is 12.1 Å². The summed E-state index contributed by atoms with van der Waals surface area (Å²) in [6.45, 7) is 5.61. The van der Waals surface area contributed by atoms with Gasteiger partial charge < -0.3 is 10.6 Å². The summed E-state index contributed by atoms with van der Waals surface area (Å²) >= 11 is 0. The second-order valence-electron chi connectivity index (χ2n) is 8.56. The minimum absolute atomic E-state index is 0.108. The summed E-state index contributed by atoms with van der Waals surface area (Å²) in [7, 11) is 1.11. The van der Waals surface area contributed by atoms with Crippen LogP contribution in [-0.4, -0.2) is 58.8 Å². The molecule has 3 unspecified atom stereocenters. The summed E-state index contributed by atoms with van der Waals surface area (Å²) in [5.74, 6) is 2.10. The van der Waals surface area contributed by atoms with E-state index in [9.17, 15) is 8.60 Å². The number of piperidine rings is 1. The van der Waals surface area contributed by atoms with Crippen molar-refractivity contribution in [1.29, 1.82) is 0 Å². The summed E-state index contributed by atoms with van der Waals surface area (Å²) in [6.07, 6.45) is 6.52. The van der Waals surface area contributed by atoms with E-state index >= 15 is 0 Å². The molecule has 3 rings (SSSR count). The Morgan fingerprint density at radius 3 is 2.70 bits per heavy atom. The highest BCUT2D eigenvalue weighted by molar-refractivity contribution is 7.85. The maximum atomic E-state index is 13.9. The van der Waals surface area contributed by atoms with Crippen LogP contribution in [0.15, 0.2) is 29.3 Å². The topological polar surface area (TPSA) is 56.7 Å². The highest BCUT2D eigenvalue weighted by atomic mass is 32.2. The normalized spacial score (nSPS) is 25.1. The second-order valence-corrected chi connectivity index (χ2v) is 10.6. The van der Waals surface area contributed by atoms with Gasteiger partial charge in [0.05, 0.1) is 0 Å². The van der Waals surface area contributed by atoms with Crippen molar-refractivity contribution in [2.24, 2.45) is 10.9 Å². The lowest BCUT2D eigenvalue weighted by molar-refractivity contribution is 0.176. The molecule has 1 saturated carbocycles. The summed E-state index contributed by atoms with van der Waals surface area (Å²) in [5, 5.41) is 7.37. The Balaban J connectivity index is 1.39. The van der Waals surface area contributed by atoms with Crippen LogP contribution in [0.2, 0.25) is 0 Å². The van der Waals surface area contributed by atoms with E-state index in [2.05, 4.69) is 20.5 Å². The van der Waals surface area contributed by atoms with Crippen LogP contribution in [-0.2, 0) is 17.3 Å². The number of rotatable bonds is 7. The zero-order valence-corrected chi connectivity index (χ0v) is 19.2. The lowest BCUT2D eigenvalue weighted by Gasteiger charge is -2.33. The zero-order valence-electron chi connectivity index (χ0n) is 18.4. The van der Waals surface area contributed by atoms with Gasteiger partial charge in [0.2, 0.25) is 0 Å². The van der Waals surface area contributed by atoms with E-state index in [-0.39, 0.29) is 5.82 Å². The Morgan fingerprint density at radius 1 is 1.23 bits per heavy atom. The molecule has 0 aromatic heterocycles. The van der Waals surface area contributed by atoms with Crippen LogP contribution < -0.4 is 10.6 Å². The number of aliphatic imine (C=N–C) groups is 1. The number of benzene rings is 1. The largest absolute Gasteiger partial charge is 0.356 e. The van der Waals surface area contributed by atoms with Crippen LogP contribution in [0.5, 0.6) is 0 Å². The lowest BCUT2D eigenvalue weighted by atomic mass is 9.95. The van der Waals surface area contributed by atoms with Crippen molar-refractivity contribution in [3.63, 3.8) is 0 Å². The Hall–Kier alpha value is -1.47. The molecule has 1 aliphatic heterocycles. The fourth-order valence-corrected chi connectivity index (χ4v) is 5.94. The quantitative estimate of drug-likeness (QED) is 0.509. The third kappa shape index (κ3) is 6.77. The molecule has 7 heteroatoms. The fraction of sp³-hybridized carbons (Fsp3) is 0.696. The van der Waals surface area contributed by atoms with Gasteiger partial charge in [-0.05, 0) is 57.2 Å². The summed E-state index contributed by atoms with van der Waals surface area (Å²) < 4.78 is 26.1. The van der Waals surface area contributed by atoms with Crippen molar-refractivity contribution in [3.8, 4) is 0 Å². The maximum Gasteiger partial charge on any atom is 0.191 e. The van der Waals surface area contributed by atoms with Gasteiger partial charge in [0.15, 0.2) is 5.96 Å². The standard InChI is InChI=1S/C23H37FN4OS/c1-3-30(29)21-9-6-8-20(15-21)27-23(25-2)26-16-18-11-13-28(14-12-18)17-19-7-4-5-10-22(19)24/h4-5,7,10,18,20-21H,3,6,8-9,11-17H2,1-2H3,(H2,25,26,27). The Morgan fingerprint density at radius 2 is 2.00 bits per heavy atom. The molecule has 2 fully saturated rings. The maximum absolute atomic E-state index is 13.9. The highest BCUT2D eigenvalue weighted by Crippen LogP contribution is 2.23. The molecule has 168 valence electrons. The predicted octanol–water partition coefficient (Wildman–Crippen LogP) is 3.28. The van der Waals surface area contributed by atoms with Crippen molar-refractivity contribution in [1.82, 2.24) is 15.5 Å². The van der Waals surface area contributed by atoms with Gasteiger partial charge in [-0.3, -0.25) is 14.1 Å². The zero-order chi connectivity index (χ0) is 21.3. The minimum Gasteiger partial charge on any atom is -0.356 e. The summed E-state index contributed by atoms with van der Waals surface area (Å²) in [4.78, 5) is 6.75. The average molecular weight is 437 g/mol. The Bertz CT molecular complexity index is 721.